The van der Waals surface area contributed by atoms with E-state index in [1.807, 2.05) is 42.5 Å². The van der Waals surface area contributed by atoms with Crippen molar-refractivity contribution in [2.75, 3.05) is 0 Å². The number of allylic oxidation sites excluding steroid dienone is 1. The fraction of sp³-hybridized carbons (Fsp3) is 0.375. The van der Waals surface area contributed by atoms with Gasteiger partial charge in [0.15, 0.2) is 0 Å². The SMILES string of the molecule is Cn1c(=O)n2n(c1=O)[C@H]1C=C[C@@H]2C[C@@H]1OCc1ccccc1. The number of nitrogens with zero attached hydrogens (tertiary/aromatic N) is 3. The van der Waals surface area contributed by atoms with Crippen molar-refractivity contribution in [1.29, 1.82) is 0 Å². The van der Waals surface area contributed by atoms with Crippen molar-refractivity contribution in [3.8, 4) is 0 Å². The monoisotopic (exact) mass is 299 g/mol. The summed E-state index contributed by atoms with van der Waals surface area (Å²) in [6.07, 6.45) is 4.60. The minimum Gasteiger partial charge on any atom is -0.371 e. The number of aromatic nitrogens is 3. The number of hydrogen-bond donors (Lipinski definition) is 0. The molecule has 0 saturated carbocycles. The molecule has 5 rings (SSSR count). The smallest absolute Gasteiger partial charge is 0.347 e. The van der Waals surface area contributed by atoms with Crippen LogP contribution in [0.25, 0.3) is 0 Å². The molecule has 0 spiro atoms. The molecule has 114 valence electrons. The van der Waals surface area contributed by atoms with Crippen LogP contribution in [0, 0.1) is 0 Å². The van der Waals surface area contributed by atoms with Gasteiger partial charge in [0.1, 0.15) is 0 Å². The Labute approximate surface area is 126 Å². The lowest BCUT2D eigenvalue weighted by atomic mass is 9.93. The first-order chi connectivity index (χ1) is 10.7. The largest absolute Gasteiger partial charge is 0.371 e. The summed E-state index contributed by atoms with van der Waals surface area (Å²) in [5, 5.41) is 0. The molecule has 0 fully saturated rings. The van der Waals surface area contributed by atoms with Crippen LogP contribution >= 0.6 is 0 Å². The maximum atomic E-state index is 12.3. The number of hydrogen-bond acceptors (Lipinski definition) is 3. The summed E-state index contributed by atoms with van der Waals surface area (Å²) < 4.78 is 10.3. The maximum absolute atomic E-state index is 12.3. The molecule has 3 atom stereocenters. The third-order valence-electron chi connectivity index (χ3n) is 4.49. The van der Waals surface area contributed by atoms with Gasteiger partial charge < -0.3 is 4.74 Å². The Morgan fingerprint density at radius 3 is 2.59 bits per heavy atom. The predicted octanol–water partition coefficient (Wildman–Crippen LogP) is 0.990. The molecule has 3 heterocycles. The summed E-state index contributed by atoms with van der Waals surface area (Å²) in [6, 6.07) is 9.64. The molecule has 2 aromatic rings. The zero-order valence-corrected chi connectivity index (χ0v) is 12.3. The minimum absolute atomic E-state index is 0.0882. The lowest BCUT2D eigenvalue weighted by molar-refractivity contribution is -0.0260. The van der Waals surface area contributed by atoms with E-state index >= 15 is 0 Å². The van der Waals surface area contributed by atoms with E-state index < -0.39 is 0 Å². The van der Waals surface area contributed by atoms with Gasteiger partial charge in [-0.15, -0.1) is 0 Å². The van der Waals surface area contributed by atoms with E-state index in [1.165, 1.54) is 11.7 Å². The average molecular weight is 299 g/mol. The van der Waals surface area contributed by atoms with Gasteiger partial charge >= 0.3 is 11.4 Å². The van der Waals surface area contributed by atoms with Gasteiger partial charge in [0.25, 0.3) is 0 Å². The van der Waals surface area contributed by atoms with Gasteiger partial charge in [0.2, 0.25) is 0 Å². The lowest BCUT2D eigenvalue weighted by Gasteiger charge is -2.39. The number of ether oxygens (including phenoxy) is 1. The third-order valence-corrected chi connectivity index (χ3v) is 4.49. The molecule has 6 nitrogen and oxygen atoms in total. The molecule has 0 saturated heterocycles. The normalized spacial score (nSPS) is 25.4. The van der Waals surface area contributed by atoms with E-state index in [2.05, 4.69) is 0 Å². The minimum atomic E-state index is -0.280. The van der Waals surface area contributed by atoms with Crippen LogP contribution in [0.3, 0.4) is 0 Å². The number of rotatable bonds is 3. The van der Waals surface area contributed by atoms with Gasteiger partial charge in [-0.05, 0) is 5.56 Å². The highest BCUT2D eigenvalue weighted by molar-refractivity contribution is 5.15. The van der Waals surface area contributed by atoms with Crippen molar-refractivity contribution in [2.24, 2.45) is 7.05 Å². The van der Waals surface area contributed by atoms with Gasteiger partial charge in [-0.3, -0.25) is 0 Å². The number of fused-ring (bicyclic) bond motifs is 1. The molecule has 3 aliphatic rings. The van der Waals surface area contributed by atoms with Gasteiger partial charge in [-0.2, -0.15) is 0 Å². The van der Waals surface area contributed by atoms with E-state index in [1.54, 1.807) is 4.68 Å². The molecule has 0 amide bonds. The van der Waals surface area contributed by atoms with Crippen molar-refractivity contribution in [3.05, 3.63) is 69.0 Å². The maximum Gasteiger partial charge on any atom is 0.347 e. The van der Waals surface area contributed by atoms with Crippen LogP contribution in [0.1, 0.15) is 24.1 Å². The summed E-state index contributed by atoms with van der Waals surface area (Å²) in [7, 11) is 1.52. The van der Waals surface area contributed by atoms with Crippen LogP contribution in [0.4, 0.5) is 0 Å². The summed E-state index contributed by atoms with van der Waals surface area (Å²) >= 11 is 0. The van der Waals surface area contributed by atoms with Crippen LogP contribution in [0.15, 0.2) is 52.1 Å². The van der Waals surface area contributed by atoms with Gasteiger partial charge in [-0.25, -0.2) is 23.5 Å². The van der Waals surface area contributed by atoms with E-state index in [0.29, 0.717) is 6.61 Å². The van der Waals surface area contributed by atoms with Crippen molar-refractivity contribution in [1.82, 2.24) is 13.9 Å². The zero-order valence-electron chi connectivity index (χ0n) is 12.3. The summed E-state index contributed by atoms with van der Waals surface area (Å²) in [5.41, 5.74) is 0.564. The average Bonchev–Trinajstić information content (AvgIpc) is 2.81. The Kier molecular flexibility index (Phi) is 2.94. The van der Waals surface area contributed by atoms with E-state index in [-0.39, 0.29) is 29.6 Å². The van der Waals surface area contributed by atoms with Gasteiger partial charge in [-0.1, -0.05) is 42.5 Å². The molecule has 2 aliphatic heterocycles. The molecule has 0 unspecified atom stereocenters. The highest BCUT2D eigenvalue weighted by Gasteiger charge is 2.40. The quantitative estimate of drug-likeness (QED) is 0.794. The lowest BCUT2D eigenvalue weighted by Crippen LogP contribution is -2.47. The Bertz CT molecular complexity index is 844. The Morgan fingerprint density at radius 1 is 1.09 bits per heavy atom. The molecule has 2 bridgehead atoms. The molecule has 1 aromatic heterocycles. The van der Waals surface area contributed by atoms with Crippen LogP contribution in [-0.4, -0.2) is 20.0 Å². The van der Waals surface area contributed by atoms with Crippen molar-refractivity contribution < 1.29 is 4.74 Å². The second kappa shape index (κ2) is 4.84. The fourth-order valence-corrected chi connectivity index (χ4v) is 3.33. The number of benzene rings is 1. The van der Waals surface area contributed by atoms with Crippen LogP contribution < -0.4 is 11.4 Å². The second-order valence-electron chi connectivity index (χ2n) is 5.83. The first kappa shape index (κ1) is 13.3. The molecule has 6 heteroatoms. The Balaban J connectivity index is 1.63. The van der Waals surface area contributed by atoms with Crippen LogP contribution in [0.2, 0.25) is 0 Å². The Hall–Kier alpha value is -2.34. The molecular formula is C16H17N3O3. The predicted molar refractivity (Wildman–Crippen MR) is 80.8 cm³/mol. The molecule has 1 aliphatic carbocycles. The highest BCUT2D eigenvalue weighted by atomic mass is 16.5. The Morgan fingerprint density at radius 2 is 1.82 bits per heavy atom. The molecule has 0 N–H and O–H groups in total. The summed E-state index contributed by atoms with van der Waals surface area (Å²) in [5.74, 6) is 0. The van der Waals surface area contributed by atoms with Crippen LogP contribution in [-0.2, 0) is 18.4 Å². The summed E-state index contributed by atoms with van der Waals surface area (Å²) in [4.78, 5) is 24.4. The fourth-order valence-electron chi connectivity index (χ4n) is 3.33. The van der Waals surface area contributed by atoms with E-state index in [9.17, 15) is 9.59 Å². The van der Waals surface area contributed by atoms with Crippen molar-refractivity contribution in [3.63, 3.8) is 0 Å². The van der Waals surface area contributed by atoms with Gasteiger partial charge in [0, 0.05) is 13.5 Å². The molecular weight excluding hydrogens is 282 g/mol. The first-order valence-electron chi connectivity index (χ1n) is 7.40. The topological polar surface area (TPSA) is 58.2 Å². The molecule has 0 radical (unpaired) electrons. The van der Waals surface area contributed by atoms with Gasteiger partial charge in [0.05, 0.1) is 24.8 Å². The standard InChI is InChI=1S/C16H17N3O3/c1-17-15(20)18-12-7-8-13(19(18)16(17)21)14(9-12)22-10-11-5-3-2-4-6-11/h2-8,12-14H,9-10H2,1H3/t12-,13+,14+/m1/s1. The molecule has 1 aromatic carbocycles. The third kappa shape index (κ3) is 1.84. The zero-order chi connectivity index (χ0) is 15.3. The molecule has 22 heavy (non-hydrogen) atoms. The van der Waals surface area contributed by atoms with Crippen LogP contribution in [0.5, 0.6) is 0 Å². The second-order valence-corrected chi connectivity index (χ2v) is 5.83. The van der Waals surface area contributed by atoms with E-state index in [4.69, 9.17) is 4.74 Å². The van der Waals surface area contributed by atoms with E-state index in [0.717, 1.165) is 16.6 Å². The summed E-state index contributed by atoms with van der Waals surface area (Å²) in [6.45, 7) is 0.508. The highest BCUT2D eigenvalue weighted by Crippen LogP contribution is 2.35. The van der Waals surface area contributed by atoms with Crippen molar-refractivity contribution in [2.45, 2.75) is 31.2 Å². The van der Waals surface area contributed by atoms with Crippen molar-refractivity contribution >= 4 is 0 Å². The first-order valence-corrected chi connectivity index (χ1v) is 7.40.